The predicted molar refractivity (Wildman–Crippen MR) is 115 cm³/mol. The van der Waals surface area contributed by atoms with Crippen LogP contribution in [0.5, 0.6) is 11.5 Å². The van der Waals surface area contributed by atoms with Gasteiger partial charge in [-0.25, -0.2) is 0 Å². The number of ether oxygens (including phenoxy) is 3. The Balaban J connectivity index is 2.13. The molecule has 0 bridgehead atoms. The molecule has 1 aromatic carbocycles. The Kier molecular flexibility index (Phi) is 8.61. The van der Waals surface area contributed by atoms with Crippen LogP contribution in [0, 0.1) is 5.92 Å². The molecule has 1 saturated carbocycles. The molecular weight excluding hydrogens is 370 g/mol. The van der Waals surface area contributed by atoms with E-state index in [4.69, 9.17) is 14.2 Å². The van der Waals surface area contributed by atoms with Gasteiger partial charge in [0.15, 0.2) is 17.5 Å². The third-order valence-corrected chi connectivity index (χ3v) is 5.80. The average molecular weight is 406 g/mol. The van der Waals surface area contributed by atoms with Gasteiger partial charge in [0.05, 0.1) is 27.2 Å². The number of aliphatic imine (C=N–C) groups is 1. The Hall–Kier alpha value is -2.44. The minimum atomic E-state index is -0.243. The molecule has 1 aromatic rings. The van der Waals surface area contributed by atoms with E-state index in [-0.39, 0.29) is 17.3 Å². The fourth-order valence-corrected chi connectivity index (χ4v) is 3.97. The quantitative estimate of drug-likeness (QED) is 0.393. The van der Waals surface area contributed by atoms with Crippen molar-refractivity contribution < 1.29 is 19.0 Å². The molecule has 0 spiro atoms. The molecule has 1 fully saturated rings. The second-order valence-electron chi connectivity index (χ2n) is 7.64. The second kappa shape index (κ2) is 10.9. The molecule has 0 amide bonds. The number of esters is 1. The summed E-state index contributed by atoms with van der Waals surface area (Å²) in [5.74, 6) is 1.70. The smallest absolute Gasteiger partial charge is 0.310 e. The molecule has 29 heavy (non-hydrogen) atoms. The van der Waals surface area contributed by atoms with Crippen molar-refractivity contribution in [3.05, 3.63) is 23.8 Å². The molecule has 1 unspecified atom stereocenters. The SMILES string of the molecule is CN=C(NCC(C)C(=O)OC)NCC1(c2ccc(OC)c(OC)c2)CCCCC1. The molecule has 7 heteroatoms. The Labute approximate surface area is 174 Å². The zero-order valence-corrected chi connectivity index (χ0v) is 18.3. The van der Waals surface area contributed by atoms with Crippen molar-refractivity contribution >= 4 is 11.9 Å². The van der Waals surface area contributed by atoms with Crippen LogP contribution in [-0.4, -0.2) is 53.4 Å². The van der Waals surface area contributed by atoms with Crippen molar-refractivity contribution in [1.82, 2.24) is 10.6 Å². The van der Waals surface area contributed by atoms with Crippen molar-refractivity contribution in [2.24, 2.45) is 10.9 Å². The van der Waals surface area contributed by atoms with Crippen LogP contribution in [0.4, 0.5) is 0 Å². The summed E-state index contributed by atoms with van der Waals surface area (Å²) in [5, 5.41) is 6.70. The highest BCUT2D eigenvalue weighted by Crippen LogP contribution is 2.42. The molecule has 1 aliphatic rings. The molecule has 1 atom stereocenters. The second-order valence-corrected chi connectivity index (χ2v) is 7.64. The number of nitrogens with zero attached hydrogens (tertiary/aromatic N) is 1. The van der Waals surface area contributed by atoms with Crippen LogP contribution >= 0.6 is 0 Å². The van der Waals surface area contributed by atoms with E-state index < -0.39 is 0 Å². The maximum absolute atomic E-state index is 11.6. The summed E-state index contributed by atoms with van der Waals surface area (Å²) in [5.41, 5.74) is 1.25. The van der Waals surface area contributed by atoms with Crippen LogP contribution in [0.3, 0.4) is 0 Å². The van der Waals surface area contributed by atoms with Crippen molar-refractivity contribution in [3.63, 3.8) is 0 Å². The van der Waals surface area contributed by atoms with E-state index in [1.54, 1.807) is 21.3 Å². The van der Waals surface area contributed by atoms with Crippen LogP contribution in [0.25, 0.3) is 0 Å². The number of carbonyl (C=O) groups excluding carboxylic acids is 1. The Morgan fingerprint density at radius 2 is 1.79 bits per heavy atom. The molecular formula is C22H35N3O4. The first kappa shape index (κ1) is 22.8. The van der Waals surface area contributed by atoms with Crippen molar-refractivity contribution in [3.8, 4) is 11.5 Å². The van der Waals surface area contributed by atoms with E-state index in [1.165, 1.54) is 31.9 Å². The molecule has 2 rings (SSSR count). The van der Waals surface area contributed by atoms with Gasteiger partial charge in [-0.05, 0) is 30.5 Å². The van der Waals surface area contributed by atoms with E-state index in [9.17, 15) is 4.79 Å². The molecule has 2 N–H and O–H groups in total. The van der Waals surface area contributed by atoms with Crippen LogP contribution in [-0.2, 0) is 14.9 Å². The summed E-state index contributed by atoms with van der Waals surface area (Å²) in [6.45, 7) is 3.06. The summed E-state index contributed by atoms with van der Waals surface area (Å²) in [4.78, 5) is 15.9. The maximum Gasteiger partial charge on any atom is 0.310 e. The van der Waals surface area contributed by atoms with Crippen LogP contribution in [0.2, 0.25) is 0 Å². The summed E-state index contributed by atoms with van der Waals surface area (Å²) >= 11 is 0. The largest absolute Gasteiger partial charge is 0.493 e. The summed E-state index contributed by atoms with van der Waals surface area (Å²) in [7, 11) is 6.46. The molecule has 0 aromatic heterocycles. The lowest BCUT2D eigenvalue weighted by atomic mass is 9.69. The van der Waals surface area contributed by atoms with Gasteiger partial charge in [0, 0.05) is 25.6 Å². The van der Waals surface area contributed by atoms with Gasteiger partial charge in [0.2, 0.25) is 0 Å². The van der Waals surface area contributed by atoms with E-state index in [2.05, 4.69) is 27.8 Å². The van der Waals surface area contributed by atoms with Gasteiger partial charge in [-0.1, -0.05) is 32.3 Å². The topological polar surface area (TPSA) is 81.2 Å². The lowest BCUT2D eigenvalue weighted by Gasteiger charge is -2.38. The Morgan fingerprint density at radius 3 is 2.38 bits per heavy atom. The van der Waals surface area contributed by atoms with E-state index >= 15 is 0 Å². The maximum atomic E-state index is 11.6. The van der Waals surface area contributed by atoms with Gasteiger partial charge >= 0.3 is 5.97 Å². The number of rotatable bonds is 8. The van der Waals surface area contributed by atoms with Gasteiger partial charge in [-0.2, -0.15) is 0 Å². The highest BCUT2D eigenvalue weighted by molar-refractivity contribution is 5.80. The van der Waals surface area contributed by atoms with Crippen LogP contribution < -0.4 is 20.1 Å². The minimum absolute atomic E-state index is 0.00336. The number of methoxy groups -OCH3 is 3. The number of guanidine groups is 1. The fraction of sp³-hybridized carbons (Fsp3) is 0.636. The number of nitrogens with one attached hydrogen (secondary N) is 2. The molecule has 0 heterocycles. The highest BCUT2D eigenvalue weighted by Gasteiger charge is 2.34. The molecule has 1 aliphatic carbocycles. The van der Waals surface area contributed by atoms with E-state index in [1.807, 2.05) is 13.0 Å². The monoisotopic (exact) mass is 405 g/mol. The van der Waals surface area contributed by atoms with Gasteiger partial charge in [-0.3, -0.25) is 9.79 Å². The predicted octanol–water partition coefficient (Wildman–Crippen LogP) is 2.88. The molecule has 7 nitrogen and oxygen atoms in total. The summed E-state index contributed by atoms with van der Waals surface area (Å²) < 4.78 is 15.7. The van der Waals surface area contributed by atoms with Gasteiger partial charge in [-0.15, -0.1) is 0 Å². The van der Waals surface area contributed by atoms with Crippen molar-refractivity contribution in [2.75, 3.05) is 41.5 Å². The van der Waals surface area contributed by atoms with Crippen LogP contribution in [0.1, 0.15) is 44.6 Å². The number of hydrogen-bond acceptors (Lipinski definition) is 5. The zero-order valence-electron chi connectivity index (χ0n) is 18.3. The normalized spacial score (nSPS) is 17.2. The van der Waals surface area contributed by atoms with Crippen molar-refractivity contribution in [1.29, 1.82) is 0 Å². The number of benzene rings is 1. The van der Waals surface area contributed by atoms with Crippen LogP contribution in [0.15, 0.2) is 23.2 Å². The van der Waals surface area contributed by atoms with E-state index in [0.29, 0.717) is 12.5 Å². The zero-order chi connectivity index (χ0) is 21.3. The minimum Gasteiger partial charge on any atom is -0.493 e. The first-order valence-electron chi connectivity index (χ1n) is 10.2. The summed E-state index contributed by atoms with van der Waals surface area (Å²) in [6.07, 6.45) is 5.86. The van der Waals surface area contributed by atoms with Gasteiger partial charge in [0.25, 0.3) is 0 Å². The first-order chi connectivity index (χ1) is 14.0. The lowest BCUT2D eigenvalue weighted by Crippen LogP contribution is -2.47. The summed E-state index contributed by atoms with van der Waals surface area (Å²) in [6, 6.07) is 6.22. The third-order valence-electron chi connectivity index (χ3n) is 5.80. The fourth-order valence-electron chi connectivity index (χ4n) is 3.97. The number of hydrogen-bond donors (Lipinski definition) is 2. The Morgan fingerprint density at radius 1 is 1.10 bits per heavy atom. The lowest BCUT2D eigenvalue weighted by molar-refractivity contribution is -0.144. The molecule has 162 valence electrons. The average Bonchev–Trinajstić information content (AvgIpc) is 2.78. The first-order valence-corrected chi connectivity index (χ1v) is 10.2. The molecule has 0 aliphatic heterocycles. The third kappa shape index (κ3) is 5.78. The number of carbonyl (C=O) groups is 1. The Bertz CT molecular complexity index is 699. The van der Waals surface area contributed by atoms with Gasteiger partial charge < -0.3 is 24.8 Å². The van der Waals surface area contributed by atoms with E-state index in [0.717, 1.165) is 30.9 Å². The highest BCUT2D eigenvalue weighted by atomic mass is 16.5. The van der Waals surface area contributed by atoms with Crippen molar-refractivity contribution in [2.45, 2.75) is 44.4 Å². The van der Waals surface area contributed by atoms with Gasteiger partial charge in [0.1, 0.15) is 0 Å². The standard InChI is InChI=1S/C22H35N3O4/c1-16(20(26)29-5)14-24-21(23-2)25-15-22(11-7-6-8-12-22)17-9-10-18(27-3)19(13-17)28-4/h9-10,13,16H,6-8,11-12,14-15H2,1-5H3,(H2,23,24,25). The molecule has 0 radical (unpaired) electrons. The molecule has 0 saturated heterocycles.